The molecule has 0 bridgehead atoms. The number of nitrogen functional groups attached to an aromatic ring is 1. The van der Waals surface area contributed by atoms with E-state index in [2.05, 4.69) is 10.3 Å². The maximum atomic E-state index is 14.1. The van der Waals surface area contributed by atoms with Gasteiger partial charge in [0.05, 0.1) is 11.2 Å². The van der Waals surface area contributed by atoms with E-state index in [4.69, 9.17) is 22.1 Å². The Kier molecular flexibility index (Phi) is 9.01. The molecule has 2 aromatic carbocycles. The molecule has 1 aromatic heterocycles. The van der Waals surface area contributed by atoms with Gasteiger partial charge in [0.25, 0.3) is 16.0 Å². The standard InChI is InChI=1S/C26H27ClF2N4O5S/c27-24-19(20(28)7-8-21(24)29)14-38-22-12-18(13-31-25(22)30)16-5-4-6-17(11-16)26(34)32-23(15-39(35,36)37)33-9-2-1-3-10-33/h4-8,11-13,23H,1-3,9-10,14-15H2,(H2,30,31)(H,32,34)(H,35,36,37). The Balaban J connectivity index is 1.53. The number of likely N-dealkylation sites (tertiary alicyclic amines) is 1. The second-order valence-electron chi connectivity index (χ2n) is 9.13. The van der Waals surface area contributed by atoms with Crippen molar-refractivity contribution >= 4 is 33.4 Å². The van der Waals surface area contributed by atoms with E-state index < -0.39 is 51.2 Å². The van der Waals surface area contributed by atoms with Crippen molar-refractivity contribution in [1.29, 1.82) is 0 Å². The SMILES string of the molecule is Nc1ncc(-c2cccc(C(=O)NC(CS(=O)(=O)O)N3CCCCC3)c2)cc1OCc1c(F)ccc(F)c1Cl. The van der Waals surface area contributed by atoms with Gasteiger partial charge in [-0.3, -0.25) is 14.2 Å². The molecule has 9 nitrogen and oxygen atoms in total. The van der Waals surface area contributed by atoms with Crippen molar-refractivity contribution in [2.45, 2.75) is 32.0 Å². The smallest absolute Gasteiger partial charge is 0.268 e. The minimum atomic E-state index is -4.34. The third-order valence-corrected chi connectivity index (χ3v) is 7.49. The van der Waals surface area contributed by atoms with Crippen LogP contribution in [0.2, 0.25) is 5.02 Å². The zero-order chi connectivity index (χ0) is 28.2. The molecule has 0 aliphatic carbocycles. The molecule has 0 radical (unpaired) electrons. The Morgan fingerprint density at radius 3 is 2.56 bits per heavy atom. The Bertz CT molecular complexity index is 1470. The lowest BCUT2D eigenvalue weighted by atomic mass is 10.0. The number of pyridine rings is 1. The lowest BCUT2D eigenvalue weighted by Gasteiger charge is -2.34. The van der Waals surface area contributed by atoms with Crippen LogP contribution in [0.1, 0.15) is 35.2 Å². The summed E-state index contributed by atoms with van der Waals surface area (Å²) in [6, 6.07) is 9.91. The summed E-state index contributed by atoms with van der Waals surface area (Å²) in [6.45, 7) is 0.808. The van der Waals surface area contributed by atoms with Crippen LogP contribution in [0.4, 0.5) is 14.6 Å². The molecule has 1 saturated heterocycles. The van der Waals surface area contributed by atoms with Crippen LogP contribution < -0.4 is 15.8 Å². The number of anilines is 1. The van der Waals surface area contributed by atoms with Crippen LogP contribution >= 0.6 is 11.6 Å². The molecule has 2 heterocycles. The highest BCUT2D eigenvalue weighted by atomic mass is 35.5. The van der Waals surface area contributed by atoms with E-state index in [9.17, 15) is 26.5 Å². The summed E-state index contributed by atoms with van der Waals surface area (Å²) in [5.74, 6) is -2.56. The molecule has 4 N–H and O–H groups in total. The first-order chi connectivity index (χ1) is 18.5. The fourth-order valence-corrected chi connectivity index (χ4v) is 5.22. The molecular formula is C26H27ClF2N4O5S. The summed E-state index contributed by atoms with van der Waals surface area (Å²) in [7, 11) is -4.34. The zero-order valence-corrected chi connectivity index (χ0v) is 22.3. The van der Waals surface area contributed by atoms with Gasteiger partial charge in [0.1, 0.15) is 24.0 Å². The van der Waals surface area contributed by atoms with Crippen LogP contribution in [-0.4, -0.2) is 53.8 Å². The van der Waals surface area contributed by atoms with Crippen LogP contribution in [0, 0.1) is 11.6 Å². The lowest BCUT2D eigenvalue weighted by Crippen LogP contribution is -2.53. The van der Waals surface area contributed by atoms with E-state index in [1.165, 1.54) is 6.20 Å². The van der Waals surface area contributed by atoms with Crippen molar-refractivity contribution in [3.05, 3.63) is 76.4 Å². The second kappa shape index (κ2) is 12.2. The zero-order valence-electron chi connectivity index (χ0n) is 20.7. The van der Waals surface area contributed by atoms with Crippen LogP contribution in [0.25, 0.3) is 11.1 Å². The lowest BCUT2D eigenvalue weighted by molar-refractivity contribution is 0.0841. The molecule has 1 fully saturated rings. The first-order valence-corrected chi connectivity index (χ1v) is 14.1. The first kappa shape index (κ1) is 28.7. The van der Waals surface area contributed by atoms with Crippen molar-refractivity contribution in [3.8, 4) is 16.9 Å². The summed E-state index contributed by atoms with van der Waals surface area (Å²) in [6.07, 6.45) is 3.31. The number of aromatic nitrogens is 1. The van der Waals surface area contributed by atoms with Gasteiger partial charge in [-0.25, -0.2) is 13.8 Å². The van der Waals surface area contributed by atoms with E-state index in [-0.39, 0.29) is 22.7 Å². The third-order valence-electron chi connectivity index (χ3n) is 6.35. The van der Waals surface area contributed by atoms with Gasteiger partial charge in [0.15, 0.2) is 11.6 Å². The number of nitrogens with zero attached hydrogens (tertiary/aromatic N) is 2. The third kappa shape index (κ3) is 7.41. The summed E-state index contributed by atoms with van der Waals surface area (Å²) >= 11 is 5.87. The molecule has 13 heteroatoms. The van der Waals surface area contributed by atoms with E-state index in [1.807, 2.05) is 4.90 Å². The van der Waals surface area contributed by atoms with Gasteiger partial charge in [-0.05, 0) is 48.7 Å². The van der Waals surface area contributed by atoms with Crippen LogP contribution in [0.15, 0.2) is 48.7 Å². The summed E-state index contributed by atoms with van der Waals surface area (Å²) in [5.41, 5.74) is 7.08. The van der Waals surface area contributed by atoms with Crippen molar-refractivity contribution in [2.75, 3.05) is 24.6 Å². The molecular weight excluding hydrogens is 554 g/mol. The number of carbonyl (C=O) groups is 1. The number of ether oxygens (including phenoxy) is 1. The molecule has 4 rings (SSSR count). The first-order valence-electron chi connectivity index (χ1n) is 12.1. The minimum Gasteiger partial charge on any atom is -0.485 e. The number of rotatable bonds is 9. The van der Waals surface area contributed by atoms with Crippen molar-refractivity contribution in [2.24, 2.45) is 0 Å². The Labute approximate surface area is 229 Å². The van der Waals surface area contributed by atoms with E-state index >= 15 is 0 Å². The van der Waals surface area contributed by atoms with Crippen molar-refractivity contribution in [3.63, 3.8) is 0 Å². The molecule has 208 valence electrons. The topological polar surface area (TPSA) is 135 Å². The van der Waals surface area contributed by atoms with Gasteiger partial charge in [-0.15, -0.1) is 0 Å². The number of hydrogen-bond acceptors (Lipinski definition) is 7. The molecule has 1 aliphatic rings. The van der Waals surface area contributed by atoms with Crippen LogP contribution in [0.3, 0.4) is 0 Å². The normalized spacial score (nSPS) is 15.1. The Morgan fingerprint density at radius 1 is 1.13 bits per heavy atom. The molecule has 0 saturated carbocycles. The molecule has 3 aromatic rings. The molecule has 1 atom stereocenters. The van der Waals surface area contributed by atoms with E-state index in [0.29, 0.717) is 24.2 Å². The number of halogens is 3. The predicted octanol–water partition coefficient (Wildman–Crippen LogP) is 4.27. The molecule has 39 heavy (non-hydrogen) atoms. The highest BCUT2D eigenvalue weighted by Gasteiger charge is 2.27. The van der Waals surface area contributed by atoms with Crippen LogP contribution in [0.5, 0.6) is 5.75 Å². The van der Waals surface area contributed by atoms with E-state index in [1.54, 1.807) is 30.3 Å². The largest absolute Gasteiger partial charge is 0.485 e. The minimum absolute atomic E-state index is 0.00941. The fourth-order valence-electron chi connectivity index (χ4n) is 4.32. The number of nitrogens with two attached hydrogens (primary N) is 1. The maximum absolute atomic E-state index is 14.1. The number of benzene rings is 2. The average Bonchev–Trinajstić information content (AvgIpc) is 2.91. The van der Waals surface area contributed by atoms with Gasteiger partial charge in [0, 0.05) is 36.0 Å². The van der Waals surface area contributed by atoms with Gasteiger partial charge < -0.3 is 15.8 Å². The quantitative estimate of drug-likeness (QED) is 0.252. The summed E-state index contributed by atoms with van der Waals surface area (Å²) in [5, 5.41) is 2.33. The van der Waals surface area contributed by atoms with Gasteiger partial charge in [0.2, 0.25) is 0 Å². The second-order valence-corrected chi connectivity index (χ2v) is 11.0. The number of piperidine rings is 1. The number of carbonyl (C=O) groups excluding carboxylic acids is 1. The Hall–Kier alpha value is -3.32. The molecule has 1 aliphatic heterocycles. The molecule has 1 unspecified atom stereocenters. The summed E-state index contributed by atoms with van der Waals surface area (Å²) in [4.78, 5) is 19.0. The van der Waals surface area contributed by atoms with Crippen molar-refractivity contribution in [1.82, 2.24) is 15.2 Å². The van der Waals surface area contributed by atoms with Gasteiger partial charge in [-0.1, -0.05) is 30.2 Å². The summed E-state index contributed by atoms with van der Waals surface area (Å²) < 4.78 is 66.1. The van der Waals surface area contributed by atoms with Gasteiger partial charge >= 0.3 is 0 Å². The number of nitrogens with one attached hydrogen (secondary N) is 1. The maximum Gasteiger partial charge on any atom is 0.268 e. The molecule has 0 spiro atoms. The average molecular weight is 581 g/mol. The van der Waals surface area contributed by atoms with Crippen LogP contribution in [-0.2, 0) is 16.7 Å². The fraction of sp³-hybridized carbons (Fsp3) is 0.308. The predicted molar refractivity (Wildman–Crippen MR) is 143 cm³/mol. The highest BCUT2D eigenvalue weighted by Crippen LogP contribution is 2.30. The van der Waals surface area contributed by atoms with Crippen molar-refractivity contribution < 1.29 is 31.3 Å². The highest BCUT2D eigenvalue weighted by molar-refractivity contribution is 7.85. The van der Waals surface area contributed by atoms with Gasteiger partial charge in [-0.2, -0.15) is 8.42 Å². The molecule has 1 amide bonds. The number of hydrogen-bond donors (Lipinski definition) is 3. The Morgan fingerprint density at radius 2 is 1.85 bits per heavy atom. The monoisotopic (exact) mass is 580 g/mol. The van der Waals surface area contributed by atoms with E-state index in [0.717, 1.165) is 31.4 Å². The number of amides is 1.